The minimum absolute atomic E-state index is 0.00915. The van der Waals surface area contributed by atoms with Crippen LogP contribution in [0.4, 0.5) is 11.5 Å². The average Bonchev–Trinajstić information content (AvgIpc) is 2.70. The number of hydrogen-bond acceptors (Lipinski definition) is 4. The van der Waals surface area contributed by atoms with Crippen LogP contribution in [0, 0.1) is 0 Å². The van der Waals surface area contributed by atoms with E-state index in [1.54, 1.807) is 11.1 Å². The summed E-state index contributed by atoms with van der Waals surface area (Å²) in [7, 11) is 0. The molecule has 4 rings (SSSR count). The Kier molecular flexibility index (Phi) is 5.55. The first kappa shape index (κ1) is 18.5. The highest BCUT2D eigenvalue weighted by Crippen LogP contribution is 2.30. The summed E-state index contributed by atoms with van der Waals surface area (Å²) in [5.41, 5.74) is 2.27. The van der Waals surface area contributed by atoms with Gasteiger partial charge in [-0.15, -0.1) is 0 Å². The number of carbonyl (C=O) groups is 2. The van der Waals surface area contributed by atoms with E-state index in [0.717, 1.165) is 31.5 Å². The number of benzene rings is 1. The van der Waals surface area contributed by atoms with Gasteiger partial charge in [0.2, 0.25) is 5.91 Å². The Bertz CT molecular complexity index is 845. The third-order valence-corrected chi connectivity index (χ3v) is 5.44. The molecule has 1 aromatic carbocycles. The smallest absolute Gasteiger partial charge is 0.255 e. The third-order valence-electron chi connectivity index (χ3n) is 5.44. The Hall–Kier alpha value is -2.89. The molecule has 146 valence electrons. The molecule has 0 spiro atoms. The molecule has 2 aliphatic rings. The Morgan fingerprint density at radius 3 is 2.50 bits per heavy atom. The number of nitrogens with zero attached hydrogens (tertiary/aromatic N) is 3. The van der Waals surface area contributed by atoms with E-state index in [1.165, 1.54) is 19.3 Å². The maximum Gasteiger partial charge on any atom is 0.255 e. The molecule has 28 heavy (non-hydrogen) atoms. The highest BCUT2D eigenvalue weighted by atomic mass is 16.2. The number of amides is 2. The number of nitrogens with one attached hydrogen (secondary N) is 1. The summed E-state index contributed by atoms with van der Waals surface area (Å²) in [4.78, 5) is 33.7. The SMILES string of the molecule is O=C(c1cnc2c(c1)N(Cc1ccccc1)C(=O)CN2)N1CCCCCCC1. The number of hydrogen-bond donors (Lipinski definition) is 1. The van der Waals surface area contributed by atoms with Crippen LogP contribution < -0.4 is 10.2 Å². The van der Waals surface area contributed by atoms with Gasteiger partial charge in [0, 0.05) is 19.3 Å². The monoisotopic (exact) mass is 378 g/mol. The molecule has 2 aliphatic heterocycles. The van der Waals surface area contributed by atoms with E-state index in [4.69, 9.17) is 0 Å². The molecule has 6 nitrogen and oxygen atoms in total. The van der Waals surface area contributed by atoms with Gasteiger partial charge in [0.25, 0.3) is 5.91 Å². The first-order chi connectivity index (χ1) is 13.7. The van der Waals surface area contributed by atoms with Crippen molar-refractivity contribution in [2.45, 2.75) is 38.6 Å². The molecule has 0 bridgehead atoms. The quantitative estimate of drug-likeness (QED) is 0.888. The second kappa shape index (κ2) is 8.42. The Morgan fingerprint density at radius 2 is 1.75 bits per heavy atom. The minimum Gasteiger partial charge on any atom is -0.359 e. The van der Waals surface area contributed by atoms with Crippen LogP contribution in [-0.2, 0) is 11.3 Å². The van der Waals surface area contributed by atoms with Gasteiger partial charge in [0.05, 0.1) is 24.3 Å². The van der Waals surface area contributed by atoms with Gasteiger partial charge in [-0.25, -0.2) is 4.98 Å². The first-order valence-corrected chi connectivity index (χ1v) is 10.1. The van der Waals surface area contributed by atoms with Gasteiger partial charge < -0.3 is 15.1 Å². The summed E-state index contributed by atoms with van der Waals surface area (Å²) in [6.45, 7) is 2.27. The molecule has 0 unspecified atom stereocenters. The normalized spacial score (nSPS) is 17.4. The zero-order valence-electron chi connectivity index (χ0n) is 16.1. The molecule has 1 N–H and O–H groups in total. The Balaban J connectivity index is 1.60. The summed E-state index contributed by atoms with van der Waals surface area (Å²) in [6.07, 6.45) is 7.33. The highest BCUT2D eigenvalue weighted by molar-refractivity contribution is 6.04. The molecule has 0 radical (unpaired) electrons. The van der Waals surface area contributed by atoms with Crippen LogP contribution in [0.5, 0.6) is 0 Å². The zero-order valence-corrected chi connectivity index (χ0v) is 16.1. The lowest BCUT2D eigenvalue weighted by Crippen LogP contribution is -2.40. The molecular weight excluding hydrogens is 352 g/mol. The second-order valence-corrected chi connectivity index (χ2v) is 7.47. The fourth-order valence-electron chi connectivity index (χ4n) is 3.87. The molecule has 0 aliphatic carbocycles. The van der Waals surface area contributed by atoms with Gasteiger partial charge in [-0.1, -0.05) is 49.6 Å². The van der Waals surface area contributed by atoms with Gasteiger partial charge in [-0.05, 0) is 24.5 Å². The first-order valence-electron chi connectivity index (χ1n) is 10.1. The van der Waals surface area contributed by atoms with Crippen molar-refractivity contribution in [3.63, 3.8) is 0 Å². The van der Waals surface area contributed by atoms with E-state index in [1.807, 2.05) is 41.3 Å². The van der Waals surface area contributed by atoms with Crippen molar-refractivity contribution in [1.82, 2.24) is 9.88 Å². The van der Waals surface area contributed by atoms with Gasteiger partial charge in [0.1, 0.15) is 0 Å². The predicted octanol–water partition coefficient (Wildman–Crippen LogP) is 3.45. The molecular formula is C22H26N4O2. The van der Waals surface area contributed by atoms with E-state index < -0.39 is 0 Å². The molecule has 0 atom stereocenters. The molecule has 1 fully saturated rings. The van der Waals surface area contributed by atoms with Crippen LogP contribution in [0.2, 0.25) is 0 Å². The molecule has 6 heteroatoms. The number of fused-ring (bicyclic) bond motifs is 1. The van der Waals surface area contributed by atoms with Gasteiger partial charge >= 0.3 is 0 Å². The highest BCUT2D eigenvalue weighted by Gasteiger charge is 2.27. The van der Waals surface area contributed by atoms with Crippen molar-refractivity contribution >= 4 is 23.3 Å². The number of carbonyl (C=O) groups excluding carboxylic acids is 2. The number of anilines is 2. The van der Waals surface area contributed by atoms with Crippen LogP contribution >= 0.6 is 0 Å². The second-order valence-electron chi connectivity index (χ2n) is 7.47. The average molecular weight is 378 g/mol. The molecule has 0 saturated carbocycles. The molecule has 2 amide bonds. The van der Waals surface area contributed by atoms with E-state index in [0.29, 0.717) is 23.6 Å². The zero-order chi connectivity index (χ0) is 19.3. The van der Waals surface area contributed by atoms with Gasteiger partial charge in [-0.2, -0.15) is 0 Å². The number of pyridine rings is 1. The summed E-state index contributed by atoms with van der Waals surface area (Å²) >= 11 is 0. The van der Waals surface area contributed by atoms with Crippen molar-refractivity contribution in [3.05, 3.63) is 53.7 Å². The van der Waals surface area contributed by atoms with E-state index in [2.05, 4.69) is 10.3 Å². The van der Waals surface area contributed by atoms with Crippen LogP contribution in [-0.4, -0.2) is 41.3 Å². The number of rotatable bonds is 3. The largest absolute Gasteiger partial charge is 0.359 e. The van der Waals surface area contributed by atoms with Gasteiger partial charge in [-0.3, -0.25) is 9.59 Å². The van der Waals surface area contributed by atoms with Crippen LogP contribution in [0.3, 0.4) is 0 Å². The van der Waals surface area contributed by atoms with Crippen LogP contribution in [0.1, 0.15) is 48.0 Å². The molecule has 2 aromatic rings. The summed E-state index contributed by atoms with van der Waals surface area (Å²) in [6, 6.07) is 11.7. The van der Waals surface area contributed by atoms with Gasteiger partial charge in [0.15, 0.2) is 5.82 Å². The lowest BCUT2D eigenvalue weighted by molar-refractivity contribution is -0.117. The van der Waals surface area contributed by atoms with Crippen molar-refractivity contribution in [2.24, 2.45) is 0 Å². The Labute approximate surface area is 165 Å². The van der Waals surface area contributed by atoms with E-state index in [9.17, 15) is 9.59 Å². The van der Waals surface area contributed by atoms with Crippen molar-refractivity contribution in [2.75, 3.05) is 29.9 Å². The molecule has 1 aromatic heterocycles. The van der Waals surface area contributed by atoms with Crippen LogP contribution in [0.15, 0.2) is 42.6 Å². The lowest BCUT2D eigenvalue weighted by Gasteiger charge is -2.30. The fraction of sp³-hybridized carbons (Fsp3) is 0.409. The fourth-order valence-corrected chi connectivity index (χ4v) is 3.87. The maximum atomic E-state index is 13.1. The standard InChI is InChI=1S/C22H26N4O2/c27-20-15-24-21-19(26(20)16-17-9-5-4-6-10-17)13-18(14-23-21)22(28)25-11-7-2-1-3-8-12-25/h4-6,9-10,13-14H,1-3,7-8,11-12,15-16H2,(H,23,24). The van der Waals surface area contributed by atoms with E-state index >= 15 is 0 Å². The summed E-state index contributed by atoms with van der Waals surface area (Å²) in [5.74, 6) is 0.642. The van der Waals surface area contributed by atoms with Crippen molar-refractivity contribution in [3.8, 4) is 0 Å². The summed E-state index contributed by atoms with van der Waals surface area (Å²) in [5, 5.41) is 3.06. The predicted molar refractivity (Wildman–Crippen MR) is 109 cm³/mol. The minimum atomic E-state index is -0.0194. The maximum absolute atomic E-state index is 13.1. The lowest BCUT2D eigenvalue weighted by atomic mass is 10.1. The molecule has 3 heterocycles. The number of aromatic nitrogens is 1. The topological polar surface area (TPSA) is 65.5 Å². The van der Waals surface area contributed by atoms with Crippen molar-refractivity contribution < 1.29 is 9.59 Å². The number of likely N-dealkylation sites (tertiary alicyclic amines) is 1. The van der Waals surface area contributed by atoms with Crippen LogP contribution in [0.25, 0.3) is 0 Å². The van der Waals surface area contributed by atoms with Crippen molar-refractivity contribution in [1.29, 1.82) is 0 Å². The van der Waals surface area contributed by atoms with E-state index in [-0.39, 0.29) is 18.4 Å². The summed E-state index contributed by atoms with van der Waals surface area (Å²) < 4.78 is 0. The Morgan fingerprint density at radius 1 is 1.04 bits per heavy atom. The third kappa shape index (κ3) is 4.01. The molecule has 1 saturated heterocycles.